The second-order valence-corrected chi connectivity index (χ2v) is 3.53. The molecule has 0 aliphatic heterocycles. The van der Waals surface area contributed by atoms with Crippen LogP contribution < -0.4 is 4.90 Å². The Morgan fingerprint density at radius 2 is 1.84 bits per heavy atom. The van der Waals surface area contributed by atoms with Crippen LogP contribution in [-0.2, 0) is 14.3 Å². The highest BCUT2D eigenvalue weighted by molar-refractivity contribution is 5.89. The predicted octanol–water partition coefficient (Wildman–Crippen LogP) is -0.156. The van der Waals surface area contributed by atoms with Gasteiger partial charge in [0.15, 0.2) is 0 Å². The number of rotatable bonds is 6. The number of carboxylic acids is 2. The second-order valence-electron chi connectivity index (χ2n) is 3.53. The number of hydrogen-bond acceptors (Lipinski definition) is 6. The fourth-order valence-corrected chi connectivity index (χ4v) is 1.40. The number of nitrogens with zero attached hydrogens (tertiary/aromatic N) is 2. The number of aromatic nitrogens is 1. The lowest BCUT2D eigenvalue weighted by molar-refractivity contribution is -0.136. The molecule has 19 heavy (non-hydrogen) atoms. The molecule has 0 aliphatic carbocycles. The average molecular weight is 268 g/mol. The quantitative estimate of drug-likeness (QED) is 0.684. The molecule has 0 saturated carbocycles. The summed E-state index contributed by atoms with van der Waals surface area (Å²) in [4.78, 5) is 37.5. The van der Waals surface area contributed by atoms with Crippen LogP contribution in [0.2, 0.25) is 0 Å². The summed E-state index contributed by atoms with van der Waals surface area (Å²) >= 11 is 0. The Balaban J connectivity index is 3.04. The Morgan fingerprint density at radius 1 is 1.26 bits per heavy atom. The molecule has 0 amide bonds. The van der Waals surface area contributed by atoms with E-state index >= 15 is 0 Å². The van der Waals surface area contributed by atoms with E-state index in [9.17, 15) is 14.4 Å². The predicted molar refractivity (Wildman–Crippen MR) is 63.1 cm³/mol. The molecule has 8 nitrogen and oxygen atoms in total. The van der Waals surface area contributed by atoms with Gasteiger partial charge in [0.2, 0.25) is 0 Å². The molecule has 0 fully saturated rings. The first-order chi connectivity index (χ1) is 8.93. The van der Waals surface area contributed by atoms with Gasteiger partial charge in [-0.3, -0.25) is 9.59 Å². The number of esters is 1. The van der Waals surface area contributed by atoms with Gasteiger partial charge in [0.05, 0.1) is 7.11 Å². The Morgan fingerprint density at radius 3 is 2.32 bits per heavy atom. The molecule has 0 unspecified atom stereocenters. The molecular formula is C11H12N2O6. The van der Waals surface area contributed by atoms with Crippen molar-refractivity contribution in [2.45, 2.75) is 0 Å². The van der Waals surface area contributed by atoms with Crippen LogP contribution in [0.15, 0.2) is 18.3 Å². The normalized spacial score (nSPS) is 9.74. The Kier molecular flexibility index (Phi) is 4.81. The van der Waals surface area contributed by atoms with E-state index in [1.54, 1.807) is 0 Å². The van der Waals surface area contributed by atoms with E-state index in [4.69, 9.17) is 10.2 Å². The van der Waals surface area contributed by atoms with Crippen LogP contribution in [0.1, 0.15) is 10.5 Å². The summed E-state index contributed by atoms with van der Waals surface area (Å²) in [5.41, 5.74) is 0.237. The van der Waals surface area contributed by atoms with Crippen molar-refractivity contribution in [2.75, 3.05) is 25.1 Å². The van der Waals surface area contributed by atoms with Crippen molar-refractivity contribution in [2.24, 2.45) is 0 Å². The van der Waals surface area contributed by atoms with Crippen LogP contribution in [-0.4, -0.2) is 53.3 Å². The summed E-state index contributed by atoms with van der Waals surface area (Å²) in [7, 11) is 1.18. The fraction of sp³-hybridized carbons (Fsp3) is 0.273. The lowest BCUT2D eigenvalue weighted by Gasteiger charge is -2.20. The van der Waals surface area contributed by atoms with Crippen molar-refractivity contribution in [1.29, 1.82) is 0 Å². The third kappa shape index (κ3) is 4.26. The van der Waals surface area contributed by atoms with Crippen LogP contribution in [0.4, 0.5) is 5.69 Å². The van der Waals surface area contributed by atoms with Gasteiger partial charge in [0.1, 0.15) is 18.8 Å². The van der Waals surface area contributed by atoms with Gasteiger partial charge < -0.3 is 19.8 Å². The smallest absolute Gasteiger partial charge is 0.356 e. The van der Waals surface area contributed by atoms with Crippen molar-refractivity contribution in [3.8, 4) is 0 Å². The van der Waals surface area contributed by atoms with Gasteiger partial charge in [0.25, 0.3) is 0 Å². The number of pyridine rings is 1. The van der Waals surface area contributed by atoms with E-state index in [1.807, 2.05) is 0 Å². The molecule has 0 spiro atoms. The number of anilines is 1. The van der Waals surface area contributed by atoms with Crippen molar-refractivity contribution in [3.05, 3.63) is 24.0 Å². The van der Waals surface area contributed by atoms with Crippen LogP contribution >= 0.6 is 0 Å². The lowest BCUT2D eigenvalue weighted by atomic mass is 10.2. The SMILES string of the molecule is COC(=O)c1cc(N(CC(=O)O)CC(=O)O)ccn1. The highest BCUT2D eigenvalue weighted by atomic mass is 16.5. The van der Waals surface area contributed by atoms with E-state index in [-0.39, 0.29) is 11.4 Å². The zero-order chi connectivity index (χ0) is 14.4. The molecule has 102 valence electrons. The number of carbonyl (C=O) groups is 3. The number of carboxylic acid groups (broad SMARTS) is 2. The third-order valence-electron chi connectivity index (χ3n) is 2.16. The first kappa shape index (κ1) is 14.4. The molecule has 1 aromatic heterocycles. The minimum Gasteiger partial charge on any atom is -0.480 e. The standard InChI is InChI=1S/C11H12N2O6/c1-19-11(18)8-4-7(2-3-12-8)13(5-9(14)15)6-10(16)17/h2-4H,5-6H2,1H3,(H,14,15)(H,16,17). The van der Waals surface area contributed by atoms with E-state index in [0.717, 1.165) is 4.90 Å². The molecule has 0 atom stereocenters. The average Bonchev–Trinajstić information content (AvgIpc) is 2.36. The molecule has 0 radical (unpaired) electrons. The summed E-state index contributed by atoms with van der Waals surface area (Å²) in [5.74, 6) is -3.05. The largest absolute Gasteiger partial charge is 0.480 e. The molecule has 1 heterocycles. The van der Waals surface area contributed by atoms with Crippen LogP contribution in [0.5, 0.6) is 0 Å². The van der Waals surface area contributed by atoms with Crippen molar-refractivity contribution >= 4 is 23.6 Å². The maximum absolute atomic E-state index is 11.3. The van der Waals surface area contributed by atoms with Crippen molar-refractivity contribution in [3.63, 3.8) is 0 Å². The second kappa shape index (κ2) is 6.34. The Hall–Kier alpha value is -2.64. The molecule has 1 aromatic rings. The van der Waals surface area contributed by atoms with Gasteiger partial charge in [-0.05, 0) is 12.1 Å². The first-order valence-corrected chi connectivity index (χ1v) is 5.17. The van der Waals surface area contributed by atoms with E-state index in [1.165, 1.54) is 25.4 Å². The number of ether oxygens (including phenoxy) is 1. The van der Waals surface area contributed by atoms with E-state index in [2.05, 4.69) is 9.72 Å². The minimum atomic E-state index is -1.18. The maximum Gasteiger partial charge on any atom is 0.356 e. The maximum atomic E-state index is 11.3. The summed E-state index contributed by atoms with van der Waals surface area (Å²) in [6.07, 6.45) is 1.28. The first-order valence-electron chi connectivity index (χ1n) is 5.17. The zero-order valence-corrected chi connectivity index (χ0v) is 10.1. The fourth-order valence-electron chi connectivity index (χ4n) is 1.40. The molecule has 2 N–H and O–H groups in total. The van der Waals surface area contributed by atoms with Gasteiger partial charge in [-0.1, -0.05) is 0 Å². The van der Waals surface area contributed by atoms with Gasteiger partial charge in [-0.15, -0.1) is 0 Å². The van der Waals surface area contributed by atoms with E-state index in [0.29, 0.717) is 0 Å². The molecule has 0 aliphatic rings. The van der Waals surface area contributed by atoms with Crippen LogP contribution in [0, 0.1) is 0 Å². The number of hydrogen-bond donors (Lipinski definition) is 2. The summed E-state index contributed by atoms with van der Waals surface area (Å²) in [6.45, 7) is -1.01. The summed E-state index contributed by atoms with van der Waals surface area (Å²) in [5, 5.41) is 17.5. The lowest BCUT2D eigenvalue weighted by Crippen LogP contribution is -2.34. The van der Waals surface area contributed by atoms with Gasteiger partial charge in [-0.2, -0.15) is 0 Å². The van der Waals surface area contributed by atoms with E-state index < -0.39 is 31.0 Å². The van der Waals surface area contributed by atoms with Crippen molar-refractivity contribution < 1.29 is 29.3 Å². The summed E-state index contributed by atoms with van der Waals surface area (Å²) in [6, 6.07) is 2.69. The molecule has 0 aromatic carbocycles. The number of carbonyl (C=O) groups excluding carboxylic acids is 1. The van der Waals surface area contributed by atoms with Gasteiger partial charge in [-0.25, -0.2) is 9.78 Å². The van der Waals surface area contributed by atoms with Gasteiger partial charge in [0, 0.05) is 11.9 Å². The van der Waals surface area contributed by atoms with Crippen LogP contribution in [0.25, 0.3) is 0 Å². The molecular weight excluding hydrogens is 256 g/mol. The Labute approximate surface area is 108 Å². The molecule has 0 bridgehead atoms. The van der Waals surface area contributed by atoms with Crippen molar-refractivity contribution in [1.82, 2.24) is 4.98 Å². The van der Waals surface area contributed by atoms with Gasteiger partial charge >= 0.3 is 17.9 Å². The number of aliphatic carboxylic acids is 2. The third-order valence-corrected chi connectivity index (χ3v) is 2.16. The molecule has 1 rings (SSSR count). The zero-order valence-electron chi connectivity index (χ0n) is 10.1. The number of methoxy groups -OCH3 is 1. The topological polar surface area (TPSA) is 117 Å². The highest BCUT2D eigenvalue weighted by Gasteiger charge is 2.16. The highest BCUT2D eigenvalue weighted by Crippen LogP contribution is 2.14. The van der Waals surface area contributed by atoms with Crippen LogP contribution in [0.3, 0.4) is 0 Å². The molecule has 0 saturated heterocycles. The molecule has 8 heteroatoms. The monoisotopic (exact) mass is 268 g/mol. The Bertz CT molecular complexity index is 486. The summed E-state index contributed by atoms with van der Waals surface area (Å²) < 4.78 is 4.48. The minimum absolute atomic E-state index is 0.0271.